The van der Waals surface area contributed by atoms with E-state index in [1.54, 1.807) is 18.2 Å². The molecular formula is C27H29Cl2FN2O5. The summed E-state index contributed by atoms with van der Waals surface area (Å²) in [6.07, 6.45) is 3.54. The van der Waals surface area contributed by atoms with Crippen molar-refractivity contribution in [1.29, 1.82) is 0 Å². The zero-order chi connectivity index (χ0) is 26.5. The molecular weight excluding hydrogens is 522 g/mol. The van der Waals surface area contributed by atoms with Crippen LogP contribution in [0, 0.1) is 11.7 Å². The number of hydrogen-bond acceptors (Lipinski definition) is 5. The maximum absolute atomic E-state index is 14.3. The van der Waals surface area contributed by atoms with Gasteiger partial charge >= 0.3 is 5.97 Å². The van der Waals surface area contributed by atoms with Crippen molar-refractivity contribution in [2.24, 2.45) is 5.92 Å². The summed E-state index contributed by atoms with van der Waals surface area (Å²) in [5.74, 6) is -0.901. The van der Waals surface area contributed by atoms with Crippen LogP contribution >= 0.6 is 23.2 Å². The third-order valence-electron chi connectivity index (χ3n) is 6.77. The Kier molecular flexibility index (Phi) is 9.05. The van der Waals surface area contributed by atoms with E-state index in [1.807, 2.05) is 11.0 Å². The SMILES string of the molecule is O=C(O)C[C@H](c1ccc(Cl)c(F)c1)N(CCC1CC1)Cc1ccc(OCCN2C(=O)CCC2=O)c(Cl)c1. The molecule has 1 N–H and O–H groups in total. The summed E-state index contributed by atoms with van der Waals surface area (Å²) >= 11 is 12.3. The Morgan fingerprint density at radius 1 is 1.11 bits per heavy atom. The van der Waals surface area contributed by atoms with Crippen LogP contribution in [0.3, 0.4) is 0 Å². The largest absolute Gasteiger partial charge is 0.490 e. The van der Waals surface area contributed by atoms with Gasteiger partial charge in [0.25, 0.3) is 0 Å². The summed E-state index contributed by atoms with van der Waals surface area (Å²) in [5.41, 5.74) is 1.40. The summed E-state index contributed by atoms with van der Waals surface area (Å²) in [6.45, 7) is 1.36. The molecule has 1 aliphatic carbocycles. The van der Waals surface area contributed by atoms with Crippen LogP contribution in [-0.2, 0) is 20.9 Å². The summed E-state index contributed by atoms with van der Waals surface area (Å²) in [7, 11) is 0. The number of likely N-dealkylation sites (tertiary alicyclic amines) is 1. The number of ether oxygens (including phenoxy) is 1. The first kappa shape index (κ1) is 27.4. The molecule has 2 aliphatic rings. The molecule has 0 spiro atoms. The maximum Gasteiger partial charge on any atom is 0.305 e. The second-order valence-electron chi connectivity index (χ2n) is 9.54. The van der Waals surface area contributed by atoms with Crippen LogP contribution in [0.5, 0.6) is 5.75 Å². The van der Waals surface area contributed by atoms with Crippen molar-refractivity contribution in [3.8, 4) is 5.75 Å². The Bertz CT molecular complexity index is 1160. The molecule has 10 heteroatoms. The molecule has 1 saturated heterocycles. The van der Waals surface area contributed by atoms with Crippen LogP contribution in [0.4, 0.5) is 4.39 Å². The molecule has 2 amide bonds. The number of amides is 2. The first-order valence-corrected chi connectivity index (χ1v) is 13.1. The molecule has 0 aromatic heterocycles. The van der Waals surface area contributed by atoms with Gasteiger partial charge in [0, 0.05) is 25.4 Å². The lowest BCUT2D eigenvalue weighted by atomic mass is 10.00. The third-order valence-corrected chi connectivity index (χ3v) is 7.37. The van der Waals surface area contributed by atoms with E-state index >= 15 is 0 Å². The van der Waals surface area contributed by atoms with E-state index in [9.17, 15) is 23.9 Å². The van der Waals surface area contributed by atoms with Gasteiger partial charge in [-0.2, -0.15) is 0 Å². The minimum absolute atomic E-state index is 0.0109. The summed E-state index contributed by atoms with van der Waals surface area (Å²) < 4.78 is 20.0. The van der Waals surface area contributed by atoms with Crippen LogP contribution in [0.15, 0.2) is 36.4 Å². The molecule has 1 aliphatic heterocycles. The van der Waals surface area contributed by atoms with Gasteiger partial charge in [0.05, 0.1) is 23.0 Å². The van der Waals surface area contributed by atoms with Gasteiger partial charge in [0.2, 0.25) is 11.8 Å². The molecule has 0 radical (unpaired) electrons. The van der Waals surface area contributed by atoms with Gasteiger partial charge in [-0.05, 0) is 54.3 Å². The number of carbonyl (C=O) groups excluding carboxylic acids is 2. The van der Waals surface area contributed by atoms with Gasteiger partial charge in [-0.15, -0.1) is 0 Å². The zero-order valence-electron chi connectivity index (χ0n) is 20.3. The average molecular weight is 551 g/mol. The van der Waals surface area contributed by atoms with Crippen molar-refractivity contribution in [2.45, 2.75) is 51.1 Å². The summed E-state index contributed by atoms with van der Waals surface area (Å²) in [5, 5.41) is 9.97. The number of carbonyl (C=O) groups is 3. The van der Waals surface area contributed by atoms with Crippen LogP contribution in [-0.4, -0.2) is 52.4 Å². The Morgan fingerprint density at radius 2 is 1.84 bits per heavy atom. The molecule has 0 bridgehead atoms. The van der Waals surface area contributed by atoms with Crippen molar-refractivity contribution in [3.63, 3.8) is 0 Å². The van der Waals surface area contributed by atoms with Crippen LogP contribution in [0.25, 0.3) is 0 Å². The minimum Gasteiger partial charge on any atom is -0.490 e. The van der Waals surface area contributed by atoms with Gasteiger partial charge in [0.15, 0.2) is 0 Å². The lowest BCUT2D eigenvalue weighted by Crippen LogP contribution is -2.33. The summed E-state index contributed by atoms with van der Waals surface area (Å²) in [4.78, 5) is 38.5. The molecule has 1 atom stereocenters. The van der Waals surface area contributed by atoms with E-state index in [4.69, 9.17) is 27.9 Å². The van der Waals surface area contributed by atoms with Crippen molar-refractivity contribution in [3.05, 3.63) is 63.4 Å². The molecule has 4 rings (SSSR count). The Labute approximate surface area is 225 Å². The first-order chi connectivity index (χ1) is 17.7. The number of imide groups is 1. The van der Waals surface area contributed by atoms with Crippen molar-refractivity contribution in [2.75, 3.05) is 19.7 Å². The Balaban J connectivity index is 1.47. The predicted octanol–water partition coefficient (Wildman–Crippen LogP) is 5.48. The van der Waals surface area contributed by atoms with Gasteiger partial charge < -0.3 is 9.84 Å². The van der Waals surface area contributed by atoms with E-state index in [-0.39, 0.29) is 49.3 Å². The highest BCUT2D eigenvalue weighted by atomic mass is 35.5. The molecule has 37 heavy (non-hydrogen) atoms. The molecule has 1 saturated carbocycles. The minimum atomic E-state index is -0.978. The first-order valence-electron chi connectivity index (χ1n) is 12.4. The normalized spacial score (nSPS) is 16.5. The van der Waals surface area contributed by atoms with E-state index in [1.165, 1.54) is 29.9 Å². The average Bonchev–Trinajstić information content (AvgIpc) is 3.63. The fraction of sp³-hybridized carbons (Fsp3) is 0.444. The van der Waals surface area contributed by atoms with Gasteiger partial charge in [-0.25, -0.2) is 4.39 Å². The van der Waals surface area contributed by atoms with Gasteiger partial charge in [-0.1, -0.05) is 48.2 Å². The second kappa shape index (κ2) is 12.2. The molecule has 1 heterocycles. The van der Waals surface area contributed by atoms with Crippen LogP contribution < -0.4 is 4.74 Å². The number of aliphatic carboxylic acids is 1. The van der Waals surface area contributed by atoms with Crippen molar-refractivity contribution < 1.29 is 28.6 Å². The molecule has 2 aromatic carbocycles. The number of hydrogen-bond donors (Lipinski definition) is 1. The number of nitrogens with zero attached hydrogens (tertiary/aromatic N) is 2. The highest BCUT2D eigenvalue weighted by Crippen LogP contribution is 2.36. The smallest absolute Gasteiger partial charge is 0.305 e. The lowest BCUT2D eigenvalue weighted by molar-refractivity contribution is -0.140. The van der Waals surface area contributed by atoms with Gasteiger partial charge in [-0.3, -0.25) is 24.2 Å². The Morgan fingerprint density at radius 3 is 2.46 bits per heavy atom. The zero-order valence-corrected chi connectivity index (χ0v) is 21.8. The number of rotatable bonds is 13. The quantitative estimate of drug-likeness (QED) is 0.332. The molecule has 2 aromatic rings. The number of benzene rings is 2. The molecule has 7 nitrogen and oxygen atoms in total. The second-order valence-corrected chi connectivity index (χ2v) is 10.4. The fourth-order valence-electron chi connectivity index (χ4n) is 4.56. The maximum atomic E-state index is 14.3. The standard InChI is InChI=1S/C27H29Cl2FN2O5/c28-20-5-4-19(14-22(20)30)23(15-27(35)36)31(10-9-17-1-2-17)16-18-3-6-24(21(29)13-18)37-12-11-32-25(33)7-8-26(32)34/h3-6,13-14,17,23H,1-2,7-12,15-16H2,(H,35,36)/t23-/m1/s1. The molecule has 198 valence electrons. The van der Waals surface area contributed by atoms with Crippen molar-refractivity contribution in [1.82, 2.24) is 9.80 Å². The number of carboxylic acid groups (broad SMARTS) is 1. The van der Waals surface area contributed by atoms with E-state index in [2.05, 4.69) is 0 Å². The van der Waals surface area contributed by atoms with Crippen LogP contribution in [0.1, 0.15) is 55.7 Å². The highest BCUT2D eigenvalue weighted by Gasteiger charge is 2.29. The van der Waals surface area contributed by atoms with E-state index < -0.39 is 17.8 Å². The Hall–Kier alpha value is -2.68. The topological polar surface area (TPSA) is 87.2 Å². The lowest BCUT2D eigenvalue weighted by Gasteiger charge is -2.32. The highest BCUT2D eigenvalue weighted by molar-refractivity contribution is 6.32. The monoisotopic (exact) mass is 550 g/mol. The van der Waals surface area contributed by atoms with Gasteiger partial charge in [0.1, 0.15) is 18.2 Å². The van der Waals surface area contributed by atoms with E-state index in [0.29, 0.717) is 35.3 Å². The van der Waals surface area contributed by atoms with E-state index in [0.717, 1.165) is 12.0 Å². The predicted molar refractivity (Wildman–Crippen MR) is 137 cm³/mol. The summed E-state index contributed by atoms with van der Waals surface area (Å²) in [6, 6.07) is 9.20. The third kappa shape index (κ3) is 7.43. The fourth-order valence-corrected chi connectivity index (χ4v) is 4.93. The van der Waals surface area contributed by atoms with Crippen molar-refractivity contribution >= 4 is 41.0 Å². The number of carboxylic acids is 1. The molecule has 0 unspecified atom stereocenters. The molecule has 2 fully saturated rings. The van der Waals surface area contributed by atoms with Crippen LogP contribution in [0.2, 0.25) is 10.0 Å². The number of halogens is 3.